The van der Waals surface area contributed by atoms with Crippen molar-refractivity contribution in [2.24, 2.45) is 23.2 Å². The van der Waals surface area contributed by atoms with Crippen LogP contribution in [-0.4, -0.2) is 27.6 Å². The Bertz CT molecular complexity index is 442. The number of aliphatic hydroxyl groups excluding tert-OH is 1. The molecule has 0 saturated heterocycles. The van der Waals surface area contributed by atoms with Crippen molar-refractivity contribution in [3.05, 3.63) is 12.2 Å². The van der Waals surface area contributed by atoms with Crippen LogP contribution in [0.25, 0.3) is 0 Å². The molecule has 27 heavy (non-hydrogen) atoms. The molecule has 1 unspecified atom stereocenters. The van der Waals surface area contributed by atoms with Crippen LogP contribution >= 0.6 is 0 Å². The molecule has 0 aromatic rings. The molecule has 0 radical (unpaired) electrons. The van der Waals surface area contributed by atoms with Crippen LogP contribution < -0.4 is 0 Å². The number of aliphatic carboxylic acids is 1. The molecule has 0 aromatic carbocycles. The van der Waals surface area contributed by atoms with Gasteiger partial charge in [-0.3, -0.25) is 4.79 Å². The van der Waals surface area contributed by atoms with Crippen LogP contribution in [0.2, 0.25) is 0 Å². The molecule has 1 saturated carbocycles. The molecule has 1 aliphatic carbocycles. The Morgan fingerprint density at radius 2 is 1.78 bits per heavy atom. The van der Waals surface area contributed by atoms with Gasteiger partial charge < -0.3 is 15.3 Å². The third kappa shape index (κ3) is 10.3. The van der Waals surface area contributed by atoms with E-state index in [0.717, 1.165) is 50.9 Å². The number of rotatable bonds is 14. The molecule has 0 amide bonds. The average molecular weight is 383 g/mol. The van der Waals surface area contributed by atoms with Crippen LogP contribution in [0.15, 0.2) is 12.2 Å². The second-order valence-corrected chi connectivity index (χ2v) is 9.24. The summed E-state index contributed by atoms with van der Waals surface area (Å²) >= 11 is 0. The minimum absolute atomic E-state index is 0.0227. The van der Waals surface area contributed by atoms with Crippen molar-refractivity contribution >= 4 is 5.97 Å². The van der Waals surface area contributed by atoms with Gasteiger partial charge in [0.05, 0.1) is 6.42 Å². The van der Waals surface area contributed by atoms with E-state index in [4.69, 9.17) is 5.11 Å². The van der Waals surface area contributed by atoms with Crippen molar-refractivity contribution in [1.82, 2.24) is 0 Å². The van der Waals surface area contributed by atoms with Gasteiger partial charge in [-0.1, -0.05) is 71.4 Å². The molecule has 3 N–H and O–H groups in total. The van der Waals surface area contributed by atoms with Gasteiger partial charge in [0.2, 0.25) is 0 Å². The lowest BCUT2D eigenvalue weighted by Gasteiger charge is -2.24. The summed E-state index contributed by atoms with van der Waals surface area (Å²) in [4.78, 5) is 10.9. The van der Waals surface area contributed by atoms with E-state index in [-0.39, 0.29) is 17.8 Å². The Labute approximate surface area is 166 Å². The van der Waals surface area contributed by atoms with Crippen LogP contribution in [0.1, 0.15) is 97.8 Å². The number of unbranched alkanes of at least 4 members (excludes halogenated alkanes) is 2. The van der Waals surface area contributed by atoms with Crippen LogP contribution in [0.3, 0.4) is 0 Å². The maximum absolute atomic E-state index is 10.9. The van der Waals surface area contributed by atoms with Crippen LogP contribution in [0, 0.1) is 23.2 Å². The van der Waals surface area contributed by atoms with Gasteiger partial charge in [0.15, 0.2) is 6.29 Å². The number of hydrogen-bond acceptors (Lipinski definition) is 3. The Balaban J connectivity index is 2.39. The molecule has 0 aliphatic heterocycles. The summed E-state index contributed by atoms with van der Waals surface area (Å²) in [5, 5.41) is 28.3. The van der Waals surface area contributed by atoms with Crippen LogP contribution in [-0.2, 0) is 4.79 Å². The Morgan fingerprint density at radius 3 is 2.37 bits per heavy atom. The van der Waals surface area contributed by atoms with E-state index in [0.29, 0.717) is 5.92 Å². The van der Waals surface area contributed by atoms with E-state index in [2.05, 4.69) is 19.1 Å². The fraction of sp³-hybridized carbons (Fsp3) is 0.870. The van der Waals surface area contributed by atoms with Gasteiger partial charge in [-0.05, 0) is 49.4 Å². The smallest absolute Gasteiger partial charge is 0.304 e. The van der Waals surface area contributed by atoms with Crippen molar-refractivity contribution in [1.29, 1.82) is 0 Å². The van der Waals surface area contributed by atoms with Crippen molar-refractivity contribution < 1.29 is 20.1 Å². The molecule has 1 rings (SSSR count). The Hall–Kier alpha value is -0.870. The first-order valence-electron chi connectivity index (χ1n) is 11.0. The number of aliphatic hydroxyl groups is 2. The molecule has 0 heterocycles. The van der Waals surface area contributed by atoms with Gasteiger partial charge in [0, 0.05) is 5.92 Å². The van der Waals surface area contributed by atoms with E-state index >= 15 is 0 Å². The molecule has 158 valence electrons. The summed E-state index contributed by atoms with van der Waals surface area (Å²) in [7, 11) is 0. The highest BCUT2D eigenvalue weighted by molar-refractivity contribution is 5.67. The minimum atomic E-state index is -1.18. The van der Waals surface area contributed by atoms with E-state index in [1.54, 1.807) is 0 Å². The van der Waals surface area contributed by atoms with Gasteiger partial charge in [0.1, 0.15) is 0 Å². The van der Waals surface area contributed by atoms with Gasteiger partial charge in [-0.2, -0.15) is 0 Å². The first-order chi connectivity index (χ1) is 12.7. The summed E-state index contributed by atoms with van der Waals surface area (Å²) in [6.07, 6.45) is 15.5. The van der Waals surface area contributed by atoms with E-state index in [1.165, 1.54) is 25.7 Å². The highest BCUT2D eigenvalue weighted by atomic mass is 16.5. The summed E-state index contributed by atoms with van der Waals surface area (Å²) in [5.41, 5.74) is -0.288. The average Bonchev–Trinajstić information content (AvgIpc) is 3.00. The largest absolute Gasteiger partial charge is 0.481 e. The molecule has 3 atom stereocenters. The topological polar surface area (TPSA) is 77.8 Å². The van der Waals surface area contributed by atoms with Crippen molar-refractivity contribution in [3.8, 4) is 0 Å². The normalized spacial score (nSPS) is 22.0. The molecular weight excluding hydrogens is 340 g/mol. The molecule has 4 nitrogen and oxygen atoms in total. The third-order valence-electron chi connectivity index (χ3n) is 6.20. The number of hydrogen-bond donors (Lipinski definition) is 3. The number of allylic oxidation sites excluding steroid dienone is 2. The lowest BCUT2D eigenvalue weighted by atomic mass is 9.84. The molecular formula is C23H42O4. The number of carboxylic acids is 1. The van der Waals surface area contributed by atoms with Gasteiger partial charge in [-0.15, -0.1) is 0 Å². The highest BCUT2D eigenvalue weighted by Crippen LogP contribution is 2.39. The van der Waals surface area contributed by atoms with Crippen molar-refractivity contribution in [2.75, 3.05) is 0 Å². The molecule has 0 bridgehead atoms. The lowest BCUT2D eigenvalue weighted by Crippen LogP contribution is -2.21. The highest BCUT2D eigenvalue weighted by Gasteiger charge is 2.28. The summed E-state index contributed by atoms with van der Waals surface area (Å²) in [6.45, 7) is 6.11. The molecule has 0 spiro atoms. The standard InChI is InChI=1S/C23H42O4/c1-4-5-6-11-20(22(26)27)15-14-19-13-9-12-18(19)10-7-8-16-23(2,3)17-21(24)25/h8,16,18-20,22,26-27H,4-7,9-15,17H2,1-3H3,(H,24,25)/t18-,19+,20?/m0/s1. The molecule has 1 fully saturated rings. The summed E-state index contributed by atoms with van der Waals surface area (Å²) in [6, 6.07) is 0. The van der Waals surface area contributed by atoms with E-state index in [1.807, 2.05) is 13.8 Å². The number of carboxylic acid groups (broad SMARTS) is 1. The SMILES string of the molecule is CCCCCC(CC[C@H]1CCC[C@@H]1CCC=CC(C)(C)CC(=O)O)C(O)O. The van der Waals surface area contributed by atoms with Crippen LogP contribution in [0.4, 0.5) is 0 Å². The zero-order chi connectivity index (χ0) is 20.3. The second-order valence-electron chi connectivity index (χ2n) is 9.24. The van der Waals surface area contributed by atoms with E-state index < -0.39 is 12.3 Å². The predicted octanol–water partition coefficient (Wildman–Crippen LogP) is 5.53. The fourth-order valence-corrected chi connectivity index (χ4v) is 4.56. The fourth-order valence-electron chi connectivity index (χ4n) is 4.56. The lowest BCUT2D eigenvalue weighted by molar-refractivity contribution is -0.138. The van der Waals surface area contributed by atoms with Crippen molar-refractivity contribution in [3.63, 3.8) is 0 Å². The van der Waals surface area contributed by atoms with Gasteiger partial charge in [-0.25, -0.2) is 0 Å². The summed E-state index contributed by atoms with van der Waals surface area (Å²) < 4.78 is 0. The van der Waals surface area contributed by atoms with Gasteiger partial charge >= 0.3 is 5.97 Å². The summed E-state index contributed by atoms with van der Waals surface area (Å²) in [5.74, 6) is 0.705. The maximum atomic E-state index is 10.9. The minimum Gasteiger partial charge on any atom is -0.481 e. The zero-order valence-electron chi connectivity index (χ0n) is 17.7. The predicted molar refractivity (Wildman–Crippen MR) is 110 cm³/mol. The zero-order valence-corrected chi connectivity index (χ0v) is 17.7. The monoisotopic (exact) mass is 382 g/mol. The molecule has 4 heteroatoms. The quantitative estimate of drug-likeness (QED) is 0.210. The molecule has 0 aromatic heterocycles. The first kappa shape index (κ1) is 24.2. The number of carbonyl (C=O) groups is 1. The van der Waals surface area contributed by atoms with Gasteiger partial charge in [0.25, 0.3) is 0 Å². The maximum Gasteiger partial charge on any atom is 0.304 e. The van der Waals surface area contributed by atoms with Crippen molar-refractivity contribution in [2.45, 2.75) is 104 Å². The molecule has 1 aliphatic rings. The second kappa shape index (κ2) is 12.6. The Kier molecular flexibility index (Phi) is 11.2. The van der Waals surface area contributed by atoms with Crippen LogP contribution in [0.5, 0.6) is 0 Å². The third-order valence-corrected chi connectivity index (χ3v) is 6.20. The Morgan fingerprint density at radius 1 is 1.11 bits per heavy atom. The first-order valence-corrected chi connectivity index (χ1v) is 11.0. The van der Waals surface area contributed by atoms with E-state index in [9.17, 15) is 15.0 Å².